The highest BCUT2D eigenvalue weighted by molar-refractivity contribution is 7.20. The predicted molar refractivity (Wildman–Crippen MR) is 99.4 cm³/mol. The molecule has 0 saturated heterocycles. The van der Waals surface area contributed by atoms with Gasteiger partial charge in [-0.15, -0.1) is 11.3 Å². The third-order valence-electron chi connectivity index (χ3n) is 3.82. The van der Waals surface area contributed by atoms with E-state index < -0.39 is 5.97 Å². The van der Waals surface area contributed by atoms with Crippen LogP contribution in [0, 0.1) is 13.8 Å². The second-order valence-corrected chi connectivity index (χ2v) is 6.69. The molecule has 2 heterocycles. The lowest BCUT2D eigenvalue weighted by atomic mass is 10.2. The monoisotopic (exact) mass is 357 g/mol. The molecule has 0 aliphatic rings. The first-order valence-corrected chi connectivity index (χ1v) is 8.81. The molecule has 0 saturated carbocycles. The summed E-state index contributed by atoms with van der Waals surface area (Å²) < 4.78 is 5.04. The summed E-state index contributed by atoms with van der Waals surface area (Å²) in [7, 11) is 0. The van der Waals surface area contributed by atoms with E-state index in [0.717, 1.165) is 5.69 Å². The van der Waals surface area contributed by atoms with Gasteiger partial charge in [0.05, 0.1) is 18.5 Å². The molecule has 2 aromatic heterocycles. The average Bonchev–Trinajstić information content (AvgIpc) is 2.92. The molecule has 2 N–H and O–H groups in total. The van der Waals surface area contributed by atoms with E-state index in [-0.39, 0.29) is 5.56 Å². The summed E-state index contributed by atoms with van der Waals surface area (Å²) in [6, 6.07) is 7.96. The molecule has 0 aliphatic heterocycles. The number of ether oxygens (including phenoxy) is 1. The molecule has 0 aliphatic carbocycles. The van der Waals surface area contributed by atoms with E-state index in [0.29, 0.717) is 39.6 Å². The number of fused-ring (bicyclic) bond motifs is 1. The van der Waals surface area contributed by atoms with Crippen LogP contribution < -0.4 is 10.9 Å². The first kappa shape index (κ1) is 17.2. The number of rotatable bonds is 5. The lowest BCUT2D eigenvalue weighted by molar-refractivity contribution is 0.0531. The van der Waals surface area contributed by atoms with Crippen molar-refractivity contribution < 1.29 is 9.53 Å². The Morgan fingerprint density at radius 3 is 2.68 bits per heavy atom. The Morgan fingerprint density at radius 1 is 1.28 bits per heavy atom. The number of aromatic amines is 1. The zero-order valence-electron chi connectivity index (χ0n) is 14.3. The normalized spacial score (nSPS) is 10.8. The van der Waals surface area contributed by atoms with E-state index >= 15 is 0 Å². The van der Waals surface area contributed by atoms with Crippen LogP contribution in [0.25, 0.3) is 10.2 Å². The minimum atomic E-state index is -0.415. The number of hydrogen-bond donors (Lipinski definition) is 2. The smallest absolute Gasteiger partial charge is 0.348 e. The summed E-state index contributed by atoms with van der Waals surface area (Å²) in [5.74, 6) is 0.108. The molecule has 0 atom stereocenters. The summed E-state index contributed by atoms with van der Waals surface area (Å²) in [6.45, 7) is 6.20. The molecule has 0 bridgehead atoms. The fourth-order valence-corrected chi connectivity index (χ4v) is 3.62. The largest absolute Gasteiger partial charge is 0.462 e. The Balaban J connectivity index is 1.89. The maximum Gasteiger partial charge on any atom is 0.348 e. The summed E-state index contributed by atoms with van der Waals surface area (Å²) in [5, 5.41) is 3.68. The van der Waals surface area contributed by atoms with Crippen molar-refractivity contribution >= 4 is 33.2 Å². The zero-order chi connectivity index (χ0) is 18.0. The number of esters is 1. The van der Waals surface area contributed by atoms with Crippen LogP contribution in [0.3, 0.4) is 0 Å². The van der Waals surface area contributed by atoms with E-state index in [1.54, 1.807) is 13.8 Å². The van der Waals surface area contributed by atoms with Gasteiger partial charge in [0.25, 0.3) is 5.56 Å². The predicted octanol–water partition coefficient (Wildman–Crippen LogP) is 3.39. The number of benzene rings is 1. The number of anilines is 1. The van der Waals surface area contributed by atoms with Crippen LogP contribution >= 0.6 is 11.3 Å². The van der Waals surface area contributed by atoms with Gasteiger partial charge in [-0.2, -0.15) is 0 Å². The average molecular weight is 357 g/mol. The zero-order valence-corrected chi connectivity index (χ0v) is 15.1. The van der Waals surface area contributed by atoms with E-state index in [2.05, 4.69) is 15.3 Å². The third kappa shape index (κ3) is 3.56. The molecular formula is C18H19N3O3S. The molecular weight excluding hydrogens is 338 g/mol. The van der Waals surface area contributed by atoms with Crippen molar-refractivity contribution in [2.24, 2.45) is 0 Å². The first-order chi connectivity index (χ1) is 12.0. The second-order valence-electron chi connectivity index (χ2n) is 5.69. The van der Waals surface area contributed by atoms with Crippen LogP contribution in [-0.2, 0) is 11.3 Å². The molecule has 6 nitrogen and oxygen atoms in total. The summed E-state index contributed by atoms with van der Waals surface area (Å²) in [5.41, 5.74) is 2.50. The van der Waals surface area contributed by atoms with E-state index in [4.69, 9.17) is 4.74 Å². The van der Waals surface area contributed by atoms with Crippen molar-refractivity contribution in [2.75, 3.05) is 11.9 Å². The Labute approximate surface area is 148 Å². The SMILES string of the molecule is CCOC(=O)c1sc2nc(CNc3ccc(C)cc3)[nH]c(=O)c2c1C. The van der Waals surface area contributed by atoms with Gasteiger partial charge in [-0.3, -0.25) is 4.79 Å². The van der Waals surface area contributed by atoms with Crippen LogP contribution in [-0.4, -0.2) is 22.5 Å². The van der Waals surface area contributed by atoms with Gasteiger partial charge < -0.3 is 15.0 Å². The summed E-state index contributed by atoms with van der Waals surface area (Å²) in [6.07, 6.45) is 0. The highest BCUT2D eigenvalue weighted by Gasteiger charge is 2.20. The topological polar surface area (TPSA) is 84.1 Å². The van der Waals surface area contributed by atoms with E-state index in [1.807, 2.05) is 31.2 Å². The van der Waals surface area contributed by atoms with Crippen molar-refractivity contribution in [1.29, 1.82) is 0 Å². The van der Waals surface area contributed by atoms with Crippen molar-refractivity contribution in [2.45, 2.75) is 27.3 Å². The molecule has 3 aromatic rings. The van der Waals surface area contributed by atoms with Gasteiger partial charge in [-0.05, 0) is 38.5 Å². The van der Waals surface area contributed by atoms with Gasteiger partial charge in [0.1, 0.15) is 15.5 Å². The van der Waals surface area contributed by atoms with Crippen LogP contribution in [0.1, 0.15) is 33.5 Å². The fourth-order valence-electron chi connectivity index (χ4n) is 2.52. The molecule has 130 valence electrons. The summed E-state index contributed by atoms with van der Waals surface area (Å²) in [4.78, 5) is 32.7. The Bertz CT molecular complexity index is 974. The highest BCUT2D eigenvalue weighted by atomic mass is 32.1. The van der Waals surface area contributed by atoms with Crippen LogP contribution in [0.2, 0.25) is 0 Å². The van der Waals surface area contributed by atoms with Crippen molar-refractivity contribution in [3.63, 3.8) is 0 Å². The highest BCUT2D eigenvalue weighted by Crippen LogP contribution is 2.27. The maximum absolute atomic E-state index is 12.4. The Morgan fingerprint density at radius 2 is 2.00 bits per heavy atom. The summed E-state index contributed by atoms with van der Waals surface area (Å²) >= 11 is 1.19. The number of nitrogens with zero attached hydrogens (tertiary/aromatic N) is 1. The number of carbonyl (C=O) groups excluding carboxylic acids is 1. The second kappa shape index (κ2) is 7.06. The number of carbonyl (C=O) groups is 1. The lowest BCUT2D eigenvalue weighted by Gasteiger charge is -2.06. The van der Waals surface area contributed by atoms with E-state index in [9.17, 15) is 9.59 Å². The van der Waals surface area contributed by atoms with Gasteiger partial charge in [0.2, 0.25) is 0 Å². The Kier molecular flexibility index (Phi) is 4.85. The number of hydrogen-bond acceptors (Lipinski definition) is 6. The molecule has 0 fully saturated rings. The fraction of sp³-hybridized carbons (Fsp3) is 0.278. The molecule has 7 heteroatoms. The standard InChI is InChI=1S/C18H19N3O3S/c1-4-24-18(23)15-11(3)14-16(22)20-13(21-17(14)25-15)9-19-12-7-5-10(2)6-8-12/h5-8,19H,4,9H2,1-3H3,(H,20,21,22). The number of nitrogens with one attached hydrogen (secondary N) is 2. The van der Waals surface area contributed by atoms with Crippen LogP contribution in [0.4, 0.5) is 5.69 Å². The molecule has 3 rings (SSSR count). The van der Waals surface area contributed by atoms with Gasteiger partial charge in [0, 0.05) is 5.69 Å². The number of thiophene rings is 1. The number of aromatic nitrogens is 2. The van der Waals surface area contributed by atoms with Gasteiger partial charge in [-0.25, -0.2) is 9.78 Å². The first-order valence-electron chi connectivity index (χ1n) is 7.99. The van der Waals surface area contributed by atoms with Crippen LogP contribution in [0.5, 0.6) is 0 Å². The maximum atomic E-state index is 12.4. The lowest BCUT2D eigenvalue weighted by Crippen LogP contribution is -2.14. The van der Waals surface area contributed by atoms with Crippen molar-refractivity contribution in [3.05, 3.63) is 56.4 Å². The molecule has 0 radical (unpaired) electrons. The molecule has 0 spiro atoms. The van der Waals surface area contributed by atoms with Gasteiger partial charge >= 0.3 is 5.97 Å². The quantitative estimate of drug-likeness (QED) is 0.684. The number of aryl methyl sites for hydroxylation is 2. The molecule has 0 amide bonds. The van der Waals surface area contributed by atoms with Crippen molar-refractivity contribution in [1.82, 2.24) is 9.97 Å². The van der Waals surface area contributed by atoms with Gasteiger partial charge in [0.15, 0.2) is 0 Å². The van der Waals surface area contributed by atoms with Crippen molar-refractivity contribution in [3.8, 4) is 0 Å². The molecule has 1 aromatic carbocycles. The van der Waals surface area contributed by atoms with Crippen LogP contribution in [0.15, 0.2) is 29.1 Å². The minimum absolute atomic E-state index is 0.241. The van der Waals surface area contributed by atoms with E-state index in [1.165, 1.54) is 16.9 Å². The molecule has 25 heavy (non-hydrogen) atoms. The minimum Gasteiger partial charge on any atom is -0.462 e. The Hall–Kier alpha value is -2.67. The third-order valence-corrected chi connectivity index (χ3v) is 4.99. The number of H-pyrrole nitrogens is 1. The molecule has 0 unspecified atom stereocenters. The van der Waals surface area contributed by atoms with Gasteiger partial charge in [-0.1, -0.05) is 17.7 Å².